The van der Waals surface area contributed by atoms with Crippen molar-refractivity contribution in [3.8, 4) is 0 Å². The molecule has 1 aliphatic rings. The monoisotopic (exact) mass is 342 g/mol. The fourth-order valence-corrected chi connectivity index (χ4v) is 3.25. The first-order chi connectivity index (χ1) is 12.1. The maximum atomic E-state index is 13.8. The molecule has 1 aliphatic heterocycles. The smallest absolute Gasteiger partial charge is 0.256 e. The average molecular weight is 342 g/mol. The van der Waals surface area contributed by atoms with Gasteiger partial charge in [0.15, 0.2) is 5.82 Å². The van der Waals surface area contributed by atoms with Crippen molar-refractivity contribution in [2.45, 2.75) is 25.3 Å². The summed E-state index contributed by atoms with van der Waals surface area (Å²) >= 11 is 0. The van der Waals surface area contributed by atoms with Crippen LogP contribution in [0.2, 0.25) is 0 Å². The summed E-state index contributed by atoms with van der Waals surface area (Å²) in [4.78, 5) is 24.6. The highest BCUT2D eigenvalue weighted by molar-refractivity contribution is 5.94. The second kappa shape index (κ2) is 8.16. The molecule has 1 saturated heterocycles. The van der Waals surface area contributed by atoms with Crippen LogP contribution in [0.15, 0.2) is 42.9 Å². The molecule has 1 amide bonds. The molecule has 6 heteroatoms. The maximum Gasteiger partial charge on any atom is 0.256 e. The summed E-state index contributed by atoms with van der Waals surface area (Å²) in [5.74, 6) is -0.834. The summed E-state index contributed by atoms with van der Waals surface area (Å²) in [7, 11) is 1.76. The molecule has 0 aliphatic carbocycles. The van der Waals surface area contributed by atoms with E-state index < -0.39 is 5.82 Å². The first-order valence-electron chi connectivity index (χ1n) is 8.64. The number of aromatic nitrogens is 2. The number of amides is 1. The van der Waals surface area contributed by atoms with Gasteiger partial charge in [0.25, 0.3) is 5.91 Å². The number of hydrogen-bond donors (Lipinski definition) is 0. The van der Waals surface area contributed by atoms with Crippen molar-refractivity contribution in [2.24, 2.45) is 0 Å². The minimum absolute atomic E-state index is 0.0927. The van der Waals surface area contributed by atoms with Gasteiger partial charge in [0, 0.05) is 57.2 Å². The summed E-state index contributed by atoms with van der Waals surface area (Å²) in [6.07, 6.45) is 7.09. The Balaban J connectivity index is 1.50. The van der Waals surface area contributed by atoms with Gasteiger partial charge in [-0.2, -0.15) is 0 Å². The predicted octanol–water partition coefficient (Wildman–Crippen LogP) is 2.39. The topological polar surface area (TPSA) is 49.3 Å². The normalized spacial score (nSPS) is 15.9. The lowest BCUT2D eigenvalue weighted by Gasteiger charge is -2.36. The van der Waals surface area contributed by atoms with Crippen molar-refractivity contribution in [2.75, 3.05) is 26.7 Å². The standard InChI is InChI=1S/C19H23FN4O/c1-23(19(25)17-5-10-21-14-18(17)20)16-7-12-24(13-8-16)11-6-15-4-2-3-9-22-15/h2-5,9-10,14,16H,6-8,11-13H2,1H3. The van der Waals surface area contributed by atoms with E-state index in [1.807, 2.05) is 24.4 Å². The quantitative estimate of drug-likeness (QED) is 0.837. The second-order valence-electron chi connectivity index (χ2n) is 6.42. The molecule has 0 saturated carbocycles. The van der Waals surface area contributed by atoms with Gasteiger partial charge in [-0.3, -0.25) is 14.8 Å². The number of likely N-dealkylation sites (tertiary alicyclic amines) is 1. The van der Waals surface area contributed by atoms with Gasteiger partial charge in [0.2, 0.25) is 0 Å². The number of hydrogen-bond acceptors (Lipinski definition) is 4. The number of nitrogens with zero attached hydrogens (tertiary/aromatic N) is 4. The minimum atomic E-state index is -0.563. The number of halogens is 1. The van der Waals surface area contributed by atoms with Gasteiger partial charge in [-0.25, -0.2) is 4.39 Å². The van der Waals surface area contributed by atoms with Gasteiger partial charge < -0.3 is 9.80 Å². The van der Waals surface area contributed by atoms with Gasteiger partial charge in [-0.05, 0) is 31.0 Å². The third-order valence-corrected chi connectivity index (χ3v) is 4.84. The first-order valence-corrected chi connectivity index (χ1v) is 8.64. The van der Waals surface area contributed by atoms with E-state index in [0.29, 0.717) is 0 Å². The van der Waals surface area contributed by atoms with Crippen LogP contribution in [-0.2, 0) is 6.42 Å². The lowest BCUT2D eigenvalue weighted by Crippen LogP contribution is -2.46. The lowest BCUT2D eigenvalue weighted by molar-refractivity contribution is 0.0638. The van der Waals surface area contributed by atoms with E-state index in [9.17, 15) is 9.18 Å². The molecule has 0 atom stereocenters. The van der Waals surface area contributed by atoms with Crippen LogP contribution in [0.1, 0.15) is 28.9 Å². The van der Waals surface area contributed by atoms with Gasteiger partial charge in [0.05, 0.1) is 11.8 Å². The van der Waals surface area contributed by atoms with Gasteiger partial charge >= 0.3 is 0 Å². The molecule has 3 heterocycles. The molecule has 0 spiro atoms. The van der Waals surface area contributed by atoms with E-state index >= 15 is 0 Å². The molecule has 3 rings (SSSR count). The van der Waals surface area contributed by atoms with Crippen LogP contribution in [0.3, 0.4) is 0 Å². The van der Waals surface area contributed by atoms with E-state index in [-0.39, 0.29) is 17.5 Å². The van der Waals surface area contributed by atoms with Crippen LogP contribution in [0.5, 0.6) is 0 Å². The van der Waals surface area contributed by atoms with Gasteiger partial charge in [0.1, 0.15) is 0 Å². The summed E-state index contributed by atoms with van der Waals surface area (Å²) in [5.41, 5.74) is 1.19. The van der Waals surface area contributed by atoms with Crippen molar-refractivity contribution in [1.82, 2.24) is 19.8 Å². The number of rotatable bonds is 5. The largest absolute Gasteiger partial charge is 0.339 e. The maximum absolute atomic E-state index is 13.8. The molecule has 5 nitrogen and oxygen atoms in total. The molecule has 0 N–H and O–H groups in total. The Bertz CT molecular complexity index is 702. The molecule has 132 valence electrons. The fraction of sp³-hybridized carbons (Fsp3) is 0.421. The van der Waals surface area contributed by atoms with Crippen LogP contribution in [0, 0.1) is 5.82 Å². The van der Waals surface area contributed by atoms with E-state index in [4.69, 9.17) is 0 Å². The Hall–Kier alpha value is -2.34. The summed E-state index contributed by atoms with van der Waals surface area (Å²) in [5, 5.41) is 0. The third kappa shape index (κ3) is 4.39. The Kier molecular flexibility index (Phi) is 5.71. The number of piperidine rings is 1. The molecule has 0 unspecified atom stereocenters. The van der Waals surface area contributed by atoms with E-state index in [1.54, 1.807) is 11.9 Å². The minimum Gasteiger partial charge on any atom is -0.339 e. The highest BCUT2D eigenvalue weighted by Crippen LogP contribution is 2.18. The zero-order valence-electron chi connectivity index (χ0n) is 14.4. The molecule has 0 aromatic carbocycles. The third-order valence-electron chi connectivity index (χ3n) is 4.84. The second-order valence-corrected chi connectivity index (χ2v) is 6.42. The SMILES string of the molecule is CN(C(=O)c1ccncc1F)C1CCN(CCc2ccccn2)CC1. The lowest BCUT2D eigenvalue weighted by atomic mass is 10.0. The zero-order valence-corrected chi connectivity index (χ0v) is 14.4. The Morgan fingerprint density at radius 3 is 2.76 bits per heavy atom. The summed E-state index contributed by atoms with van der Waals surface area (Å²) in [6.45, 7) is 2.85. The van der Waals surface area contributed by atoms with Crippen molar-refractivity contribution in [1.29, 1.82) is 0 Å². The van der Waals surface area contributed by atoms with E-state index in [0.717, 1.165) is 50.8 Å². The highest BCUT2D eigenvalue weighted by atomic mass is 19.1. The Morgan fingerprint density at radius 1 is 1.28 bits per heavy atom. The fourth-order valence-electron chi connectivity index (χ4n) is 3.25. The van der Waals surface area contributed by atoms with Crippen molar-refractivity contribution >= 4 is 5.91 Å². The molecule has 25 heavy (non-hydrogen) atoms. The Labute approximate surface area is 147 Å². The van der Waals surface area contributed by atoms with Crippen molar-refractivity contribution < 1.29 is 9.18 Å². The number of pyridine rings is 2. The van der Waals surface area contributed by atoms with Gasteiger partial charge in [-0.15, -0.1) is 0 Å². The van der Waals surface area contributed by atoms with Crippen LogP contribution < -0.4 is 0 Å². The number of carbonyl (C=O) groups excluding carboxylic acids is 1. The van der Waals surface area contributed by atoms with Crippen molar-refractivity contribution in [3.63, 3.8) is 0 Å². The van der Waals surface area contributed by atoms with Gasteiger partial charge in [-0.1, -0.05) is 6.07 Å². The molecular formula is C19H23FN4O. The van der Waals surface area contributed by atoms with Crippen LogP contribution in [-0.4, -0.2) is 58.4 Å². The van der Waals surface area contributed by atoms with Crippen LogP contribution in [0.4, 0.5) is 4.39 Å². The Morgan fingerprint density at radius 2 is 2.08 bits per heavy atom. The molecule has 2 aromatic heterocycles. The van der Waals surface area contributed by atoms with Crippen LogP contribution in [0.25, 0.3) is 0 Å². The summed E-state index contributed by atoms with van der Waals surface area (Å²) in [6, 6.07) is 7.56. The van der Waals surface area contributed by atoms with Crippen molar-refractivity contribution in [3.05, 3.63) is 59.9 Å². The van der Waals surface area contributed by atoms with E-state index in [1.165, 1.54) is 12.3 Å². The molecule has 0 bridgehead atoms. The zero-order chi connectivity index (χ0) is 17.6. The molecule has 0 radical (unpaired) electrons. The van der Waals surface area contributed by atoms with Crippen LogP contribution >= 0.6 is 0 Å². The molecular weight excluding hydrogens is 319 g/mol. The predicted molar refractivity (Wildman–Crippen MR) is 93.7 cm³/mol. The summed E-state index contributed by atoms with van der Waals surface area (Å²) < 4.78 is 13.8. The molecule has 1 fully saturated rings. The first kappa shape index (κ1) is 17.5. The average Bonchev–Trinajstić information content (AvgIpc) is 2.67. The molecule has 2 aromatic rings. The number of carbonyl (C=O) groups is 1. The highest BCUT2D eigenvalue weighted by Gasteiger charge is 2.27. The van der Waals surface area contributed by atoms with E-state index in [2.05, 4.69) is 14.9 Å².